The maximum Gasteiger partial charge on any atom is 0.165 e. The molecule has 1 heterocycles. The van der Waals surface area contributed by atoms with Crippen LogP contribution in [0.5, 0.6) is 11.5 Å². The van der Waals surface area contributed by atoms with Crippen LogP contribution in [0.1, 0.15) is 49.6 Å². The molecular weight excluding hydrogens is 300 g/mol. The van der Waals surface area contributed by atoms with Crippen molar-refractivity contribution < 1.29 is 9.47 Å². The summed E-state index contributed by atoms with van der Waals surface area (Å²) in [5, 5.41) is 3.54. The summed E-state index contributed by atoms with van der Waals surface area (Å²) >= 11 is 0. The molecule has 0 bridgehead atoms. The molecule has 0 amide bonds. The number of aryl methyl sites for hydroxylation is 1. The minimum absolute atomic E-state index is 0.167. The standard InChI is InChI=1S/C20H28N2O2/c1-5-6-13-24-20-17(10-7-11-18(20)23-4)14-22-16(3)19-15(2)9-8-12-21-19/h7-12,16,22H,5-6,13-14H2,1-4H3/t16-/m0/s1. The number of methoxy groups -OCH3 is 1. The van der Waals surface area contributed by atoms with Gasteiger partial charge in [-0.05, 0) is 38.0 Å². The average molecular weight is 328 g/mol. The normalized spacial score (nSPS) is 12.0. The second kappa shape index (κ2) is 9.28. The molecule has 0 unspecified atom stereocenters. The number of nitrogens with zero attached hydrogens (tertiary/aromatic N) is 1. The highest BCUT2D eigenvalue weighted by Crippen LogP contribution is 2.31. The molecule has 0 spiro atoms. The fourth-order valence-electron chi connectivity index (χ4n) is 2.65. The first kappa shape index (κ1) is 18.3. The van der Waals surface area contributed by atoms with Gasteiger partial charge in [-0.3, -0.25) is 4.98 Å². The minimum Gasteiger partial charge on any atom is -0.493 e. The average Bonchev–Trinajstić information content (AvgIpc) is 2.60. The van der Waals surface area contributed by atoms with Gasteiger partial charge >= 0.3 is 0 Å². The van der Waals surface area contributed by atoms with E-state index in [0.717, 1.165) is 35.6 Å². The number of benzene rings is 1. The molecule has 2 rings (SSSR count). The van der Waals surface area contributed by atoms with E-state index in [0.29, 0.717) is 13.2 Å². The van der Waals surface area contributed by atoms with Gasteiger partial charge < -0.3 is 14.8 Å². The van der Waals surface area contributed by atoms with Crippen LogP contribution in [-0.2, 0) is 6.54 Å². The van der Waals surface area contributed by atoms with Crippen molar-refractivity contribution in [1.82, 2.24) is 10.3 Å². The van der Waals surface area contributed by atoms with Crippen LogP contribution in [0.2, 0.25) is 0 Å². The summed E-state index contributed by atoms with van der Waals surface area (Å²) in [6.07, 6.45) is 3.98. The summed E-state index contributed by atoms with van der Waals surface area (Å²) in [4.78, 5) is 4.49. The zero-order valence-corrected chi connectivity index (χ0v) is 15.1. The van der Waals surface area contributed by atoms with Gasteiger partial charge in [0.1, 0.15) is 0 Å². The highest BCUT2D eigenvalue weighted by atomic mass is 16.5. The van der Waals surface area contributed by atoms with E-state index in [1.54, 1.807) is 7.11 Å². The van der Waals surface area contributed by atoms with Crippen molar-refractivity contribution in [3.05, 3.63) is 53.3 Å². The predicted octanol–water partition coefficient (Wildman–Crippen LogP) is 4.43. The lowest BCUT2D eigenvalue weighted by Crippen LogP contribution is -2.20. The van der Waals surface area contributed by atoms with Gasteiger partial charge in [0, 0.05) is 24.3 Å². The largest absolute Gasteiger partial charge is 0.493 e. The monoisotopic (exact) mass is 328 g/mol. The van der Waals surface area contributed by atoms with Gasteiger partial charge in [-0.1, -0.05) is 31.5 Å². The molecule has 0 aliphatic rings. The number of hydrogen-bond acceptors (Lipinski definition) is 4. The zero-order chi connectivity index (χ0) is 17.4. The van der Waals surface area contributed by atoms with Gasteiger partial charge in [-0.15, -0.1) is 0 Å². The van der Waals surface area contributed by atoms with E-state index in [2.05, 4.69) is 43.2 Å². The molecule has 0 fully saturated rings. The lowest BCUT2D eigenvalue weighted by Gasteiger charge is -2.18. The number of para-hydroxylation sites is 1. The summed E-state index contributed by atoms with van der Waals surface area (Å²) in [6.45, 7) is 7.79. The molecule has 0 saturated heterocycles. The van der Waals surface area contributed by atoms with Crippen LogP contribution < -0.4 is 14.8 Å². The summed E-state index contributed by atoms with van der Waals surface area (Å²) in [5.74, 6) is 1.62. The van der Waals surface area contributed by atoms with Crippen molar-refractivity contribution in [2.24, 2.45) is 0 Å². The quantitative estimate of drug-likeness (QED) is 0.692. The number of hydrogen-bond donors (Lipinski definition) is 1. The summed E-state index contributed by atoms with van der Waals surface area (Å²) in [5.41, 5.74) is 3.38. The van der Waals surface area contributed by atoms with Crippen LogP contribution in [0.4, 0.5) is 0 Å². The van der Waals surface area contributed by atoms with Crippen LogP contribution in [0.3, 0.4) is 0 Å². The molecule has 0 aliphatic heterocycles. The first-order valence-electron chi connectivity index (χ1n) is 8.61. The van der Waals surface area contributed by atoms with E-state index < -0.39 is 0 Å². The van der Waals surface area contributed by atoms with Gasteiger partial charge in [-0.25, -0.2) is 0 Å². The number of nitrogens with one attached hydrogen (secondary N) is 1. The SMILES string of the molecule is CCCCOc1c(CN[C@@H](C)c2ncccc2C)cccc1OC. The van der Waals surface area contributed by atoms with Gasteiger partial charge in [0.25, 0.3) is 0 Å². The molecule has 0 aliphatic carbocycles. The van der Waals surface area contributed by atoms with Crippen molar-refractivity contribution in [3.8, 4) is 11.5 Å². The van der Waals surface area contributed by atoms with Crippen molar-refractivity contribution >= 4 is 0 Å². The summed E-state index contributed by atoms with van der Waals surface area (Å²) in [6, 6.07) is 10.2. The third-order valence-corrected chi connectivity index (χ3v) is 4.08. The maximum atomic E-state index is 5.98. The van der Waals surface area contributed by atoms with Gasteiger partial charge in [0.15, 0.2) is 11.5 Å². The van der Waals surface area contributed by atoms with Gasteiger partial charge in [-0.2, -0.15) is 0 Å². The molecule has 1 atom stereocenters. The Bertz CT molecular complexity index is 643. The van der Waals surface area contributed by atoms with E-state index in [1.165, 1.54) is 5.56 Å². The van der Waals surface area contributed by atoms with Crippen LogP contribution in [0.25, 0.3) is 0 Å². The first-order valence-corrected chi connectivity index (χ1v) is 8.61. The molecule has 1 N–H and O–H groups in total. The molecule has 130 valence electrons. The number of aromatic nitrogens is 1. The van der Waals surface area contributed by atoms with Crippen molar-refractivity contribution in [2.45, 2.75) is 46.2 Å². The van der Waals surface area contributed by atoms with E-state index in [1.807, 2.05) is 24.4 Å². The van der Waals surface area contributed by atoms with Crippen LogP contribution in [0, 0.1) is 6.92 Å². The Kier molecular flexibility index (Phi) is 7.07. The Morgan fingerprint density at radius 1 is 1.21 bits per heavy atom. The second-order valence-corrected chi connectivity index (χ2v) is 5.96. The molecule has 1 aromatic carbocycles. The van der Waals surface area contributed by atoms with Gasteiger partial charge in [0.05, 0.1) is 19.4 Å². The van der Waals surface area contributed by atoms with Crippen molar-refractivity contribution in [1.29, 1.82) is 0 Å². The first-order chi connectivity index (χ1) is 11.7. The minimum atomic E-state index is 0.167. The molecule has 24 heavy (non-hydrogen) atoms. The van der Waals surface area contributed by atoms with E-state index in [4.69, 9.17) is 9.47 Å². The smallest absolute Gasteiger partial charge is 0.165 e. The van der Waals surface area contributed by atoms with Gasteiger partial charge in [0.2, 0.25) is 0 Å². The van der Waals surface area contributed by atoms with Crippen molar-refractivity contribution in [2.75, 3.05) is 13.7 Å². The third-order valence-electron chi connectivity index (χ3n) is 4.08. The molecular formula is C20H28N2O2. The Morgan fingerprint density at radius 3 is 2.75 bits per heavy atom. The molecule has 0 saturated carbocycles. The number of rotatable bonds is 9. The van der Waals surface area contributed by atoms with Crippen LogP contribution in [0.15, 0.2) is 36.5 Å². The predicted molar refractivity (Wildman–Crippen MR) is 97.6 cm³/mol. The zero-order valence-electron chi connectivity index (χ0n) is 15.1. The molecule has 4 nitrogen and oxygen atoms in total. The lowest BCUT2D eigenvalue weighted by atomic mass is 10.1. The number of unbranched alkanes of at least 4 members (excludes halogenated alkanes) is 1. The fraction of sp³-hybridized carbons (Fsp3) is 0.450. The Hall–Kier alpha value is -2.07. The van der Waals surface area contributed by atoms with E-state index in [9.17, 15) is 0 Å². The van der Waals surface area contributed by atoms with E-state index >= 15 is 0 Å². The highest BCUT2D eigenvalue weighted by Gasteiger charge is 2.13. The summed E-state index contributed by atoms with van der Waals surface area (Å²) in [7, 11) is 1.68. The fourth-order valence-corrected chi connectivity index (χ4v) is 2.65. The lowest BCUT2D eigenvalue weighted by molar-refractivity contribution is 0.284. The molecule has 0 radical (unpaired) electrons. The van der Waals surface area contributed by atoms with E-state index in [-0.39, 0.29) is 6.04 Å². The Labute approximate surface area is 145 Å². The highest BCUT2D eigenvalue weighted by molar-refractivity contribution is 5.46. The Balaban J connectivity index is 2.09. The summed E-state index contributed by atoms with van der Waals surface area (Å²) < 4.78 is 11.4. The maximum absolute atomic E-state index is 5.98. The Morgan fingerprint density at radius 2 is 2.04 bits per heavy atom. The third kappa shape index (κ3) is 4.71. The molecule has 1 aromatic heterocycles. The van der Waals surface area contributed by atoms with Crippen LogP contribution >= 0.6 is 0 Å². The number of pyridine rings is 1. The molecule has 2 aromatic rings. The molecule has 4 heteroatoms. The second-order valence-electron chi connectivity index (χ2n) is 5.96. The topological polar surface area (TPSA) is 43.4 Å². The van der Waals surface area contributed by atoms with Crippen molar-refractivity contribution in [3.63, 3.8) is 0 Å². The van der Waals surface area contributed by atoms with Crippen LogP contribution in [-0.4, -0.2) is 18.7 Å². The number of ether oxygens (including phenoxy) is 2.